The molecule has 4 nitrogen and oxygen atoms in total. The molecule has 0 radical (unpaired) electrons. The lowest BCUT2D eigenvalue weighted by Crippen LogP contribution is -2.37. The van der Waals surface area contributed by atoms with Crippen molar-refractivity contribution in [3.63, 3.8) is 0 Å². The zero-order chi connectivity index (χ0) is 13.9. The average Bonchev–Trinajstić information content (AvgIpc) is 2.13. The van der Waals surface area contributed by atoms with Crippen LogP contribution in [-0.2, 0) is 10.0 Å². The van der Waals surface area contributed by atoms with Gasteiger partial charge in [-0.3, -0.25) is 4.72 Å². The maximum Gasteiger partial charge on any atom is 0.242 e. The van der Waals surface area contributed by atoms with Crippen molar-refractivity contribution in [2.75, 3.05) is 4.72 Å². The minimum atomic E-state index is -3.60. The summed E-state index contributed by atoms with van der Waals surface area (Å²) in [6, 6.07) is 5.33. The lowest BCUT2D eigenvalue weighted by atomic mass is 10.2. The molecule has 3 N–H and O–H groups in total. The lowest BCUT2D eigenvalue weighted by molar-refractivity contribution is 0.594. The number of halogens is 1. The first kappa shape index (κ1) is 15.4. The average molecular weight is 351 g/mol. The van der Waals surface area contributed by atoms with Crippen LogP contribution in [0.3, 0.4) is 0 Å². The van der Waals surface area contributed by atoms with Crippen molar-refractivity contribution in [1.82, 2.24) is 0 Å². The van der Waals surface area contributed by atoms with E-state index in [0.29, 0.717) is 12.1 Å². The molecule has 0 aliphatic carbocycles. The summed E-state index contributed by atoms with van der Waals surface area (Å²) >= 11 is 8.10. The van der Waals surface area contributed by atoms with Crippen LogP contribution in [0.5, 0.6) is 0 Å². The van der Waals surface area contributed by atoms with Crippen molar-refractivity contribution in [1.29, 1.82) is 0 Å². The Kier molecular flexibility index (Phi) is 5.12. The van der Waals surface area contributed by atoms with Crippen LogP contribution < -0.4 is 10.5 Å². The fourth-order valence-electron chi connectivity index (χ4n) is 1.60. The summed E-state index contributed by atoms with van der Waals surface area (Å²) in [5.41, 5.74) is 6.90. The zero-order valence-electron chi connectivity index (χ0n) is 10.1. The van der Waals surface area contributed by atoms with Crippen LogP contribution in [0, 0.1) is 6.92 Å². The number of aryl methyl sites for hydroxylation is 1. The second kappa shape index (κ2) is 5.99. The number of nitrogens with one attached hydrogen (secondary N) is 1. The van der Waals surface area contributed by atoms with Crippen molar-refractivity contribution in [3.05, 3.63) is 28.2 Å². The molecule has 0 aromatic heterocycles. The van der Waals surface area contributed by atoms with Crippen LogP contribution in [-0.4, -0.2) is 18.7 Å². The molecular formula is C11H15BrN2O2S2. The molecule has 18 heavy (non-hydrogen) atoms. The van der Waals surface area contributed by atoms with Gasteiger partial charge in [-0.05, 0) is 37.1 Å². The number of anilines is 1. The van der Waals surface area contributed by atoms with Crippen molar-refractivity contribution in [3.8, 4) is 0 Å². The monoisotopic (exact) mass is 350 g/mol. The Balaban J connectivity index is 3.05. The molecular weight excluding hydrogens is 336 g/mol. The highest BCUT2D eigenvalue weighted by Crippen LogP contribution is 2.21. The molecule has 0 saturated heterocycles. The van der Waals surface area contributed by atoms with E-state index in [1.54, 1.807) is 19.1 Å². The fraction of sp³-hybridized carbons (Fsp3) is 0.364. The minimum Gasteiger partial charge on any atom is -0.392 e. The van der Waals surface area contributed by atoms with E-state index >= 15 is 0 Å². The predicted molar refractivity (Wildman–Crippen MR) is 82.3 cm³/mol. The number of thiocarbonyl (C=S) groups is 1. The molecule has 1 aromatic rings. The third kappa shape index (κ3) is 3.93. The summed E-state index contributed by atoms with van der Waals surface area (Å²) in [6.07, 6.45) is 0.345. The summed E-state index contributed by atoms with van der Waals surface area (Å²) < 4.78 is 27.5. The van der Waals surface area contributed by atoms with E-state index in [9.17, 15) is 8.42 Å². The summed E-state index contributed by atoms with van der Waals surface area (Å²) in [5.74, 6) is 0. The summed E-state index contributed by atoms with van der Waals surface area (Å²) in [6.45, 7) is 3.61. The topological polar surface area (TPSA) is 72.2 Å². The predicted octanol–water partition coefficient (Wildman–Crippen LogP) is 2.56. The Labute approximate surface area is 121 Å². The Morgan fingerprint density at radius 3 is 2.56 bits per heavy atom. The SMILES string of the molecule is CCC(C(N)=S)S(=O)(=O)Nc1cc(C)cc(Br)c1. The van der Waals surface area contributed by atoms with Crippen LogP contribution in [0.15, 0.2) is 22.7 Å². The molecule has 0 fully saturated rings. The number of nitrogens with two attached hydrogens (primary N) is 1. The third-order valence-electron chi connectivity index (χ3n) is 2.36. The van der Waals surface area contributed by atoms with E-state index in [1.807, 2.05) is 13.0 Å². The zero-order valence-corrected chi connectivity index (χ0v) is 13.3. The highest BCUT2D eigenvalue weighted by atomic mass is 79.9. The maximum atomic E-state index is 12.1. The normalized spacial score (nSPS) is 13.1. The Morgan fingerprint density at radius 1 is 1.50 bits per heavy atom. The van der Waals surface area contributed by atoms with E-state index < -0.39 is 15.3 Å². The second-order valence-corrected chi connectivity index (χ2v) is 7.21. The molecule has 0 bridgehead atoms. The third-order valence-corrected chi connectivity index (χ3v) is 5.11. The second-order valence-electron chi connectivity index (χ2n) is 3.96. The summed E-state index contributed by atoms with van der Waals surface area (Å²) in [7, 11) is -3.60. The molecule has 0 saturated carbocycles. The molecule has 0 aliphatic rings. The standard InChI is InChI=1S/C11H15BrN2O2S2/c1-3-10(11(13)17)18(15,16)14-9-5-7(2)4-8(12)6-9/h4-6,10,14H,3H2,1-2H3,(H2,13,17). The molecule has 7 heteroatoms. The molecule has 0 heterocycles. The van der Waals surface area contributed by atoms with Crippen LogP contribution in [0.1, 0.15) is 18.9 Å². The fourth-order valence-corrected chi connectivity index (χ4v) is 4.09. The first-order valence-electron chi connectivity index (χ1n) is 5.34. The van der Waals surface area contributed by atoms with Gasteiger partial charge in [0.25, 0.3) is 0 Å². The van der Waals surface area contributed by atoms with Gasteiger partial charge in [-0.25, -0.2) is 8.42 Å². The van der Waals surface area contributed by atoms with E-state index in [1.165, 1.54) is 0 Å². The molecule has 1 unspecified atom stereocenters. The van der Waals surface area contributed by atoms with Gasteiger partial charge in [-0.2, -0.15) is 0 Å². The molecule has 1 atom stereocenters. The molecule has 0 spiro atoms. The number of sulfonamides is 1. The number of hydrogen-bond acceptors (Lipinski definition) is 3. The maximum absolute atomic E-state index is 12.1. The number of rotatable bonds is 5. The van der Waals surface area contributed by atoms with Gasteiger partial charge in [0.2, 0.25) is 10.0 Å². The van der Waals surface area contributed by atoms with Crippen molar-refractivity contribution in [2.24, 2.45) is 5.73 Å². The molecule has 1 rings (SSSR count). The van der Waals surface area contributed by atoms with Gasteiger partial charge >= 0.3 is 0 Å². The van der Waals surface area contributed by atoms with Crippen LogP contribution in [0.2, 0.25) is 0 Å². The van der Waals surface area contributed by atoms with E-state index in [4.69, 9.17) is 18.0 Å². The Morgan fingerprint density at radius 2 is 2.11 bits per heavy atom. The van der Waals surface area contributed by atoms with Gasteiger partial charge in [-0.1, -0.05) is 35.1 Å². The molecule has 100 valence electrons. The van der Waals surface area contributed by atoms with Crippen LogP contribution in [0.4, 0.5) is 5.69 Å². The smallest absolute Gasteiger partial charge is 0.242 e. The highest BCUT2D eigenvalue weighted by Gasteiger charge is 2.26. The minimum absolute atomic E-state index is 0.0169. The number of benzene rings is 1. The van der Waals surface area contributed by atoms with Crippen molar-refractivity contribution in [2.45, 2.75) is 25.5 Å². The van der Waals surface area contributed by atoms with Crippen molar-refractivity contribution >= 4 is 48.8 Å². The van der Waals surface area contributed by atoms with E-state index in [0.717, 1.165) is 10.0 Å². The number of hydrogen-bond donors (Lipinski definition) is 2. The van der Waals surface area contributed by atoms with Crippen molar-refractivity contribution < 1.29 is 8.42 Å². The Bertz CT molecular complexity index is 538. The molecule has 1 aromatic carbocycles. The highest BCUT2D eigenvalue weighted by molar-refractivity contribution is 9.10. The first-order valence-corrected chi connectivity index (χ1v) is 8.09. The van der Waals surface area contributed by atoms with Gasteiger partial charge in [0.05, 0.1) is 4.99 Å². The van der Waals surface area contributed by atoms with Gasteiger partial charge < -0.3 is 5.73 Å². The van der Waals surface area contributed by atoms with Crippen LogP contribution >= 0.6 is 28.1 Å². The largest absolute Gasteiger partial charge is 0.392 e. The van der Waals surface area contributed by atoms with Gasteiger partial charge in [0, 0.05) is 10.2 Å². The summed E-state index contributed by atoms with van der Waals surface area (Å²) in [5, 5.41) is -0.855. The molecule has 0 aliphatic heterocycles. The van der Waals surface area contributed by atoms with E-state index in [2.05, 4.69) is 20.7 Å². The van der Waals surface area contributed by atoms with Crippen LogP contribution in [0.25, 0.3) is 0 Å². The first-order chi connectivity index (χ1) is 8.26. The van der Waals surface area contributed by atoms with Gasteiger partial charge in [0.1, 0.15) is 5.25 Å². The summed E-state index contributed by atoms with van der Waals surface area (Å²) in [4.78, 5) is -0.0169. The van der Waals surface area contributed by atoms with E-state index in [-0.39, 0.29) is 4.99 Å². The van der Waals surface area contributed by atoms with Gasteiger partial charge in [0.15, 0.2) is 0 Å². The quantitative estimate of drug-likeness (QED) is 0.800. The Hall–Kier alpha value is -0.660. The van der Waals surface area contributed by atoms with Gasteiger partial charge in [-0.15, -0.1) is 0 Å². The molecule has 0 amide bonds. The lowest BCUT2D eigenvalue weighted by Gasteiger charge is -2.16.